The largest absolute Gasteiger partial charge is 0.507 e. The molecule has 0 aliphatic rings. The van der Waals surface area contributed by atoms with Crippen LogP contribution in [0.4, 0.5) is 0 Å². The Kier molecular flexibility index (Phi) is 7.02. The van der Waals surface area contributed by atoms with Crippen LogP contribution in [0.2, 0.25) is 0 Å². The van der Waals surface area contributed by atoms with E-state index in [1.165, 1.54) is 12.3 Å². The molecule has 3 aromatic rings. The lowest BCUT2D eigenvalue weighted by atomic mass is 10.1. The average molecular weight is 457 g/mol. The summed E-state index contributed by atoms with van der Waals surface area (Å²) in [6.07, 6.45) is 3.38. The summed E-state index contributed by atoms with van der Waals surface area (Å²) in [5, 5.41) is 20.6. The topological polar surface area (TPSA) is 99.6 Å². The number of benzene rings is 2. The number of aromatic nitrogens is 2. The van der Waals surface area contributed by atoms with E-state index in [9.17, 15) is 9.90 Å². The van der Waals surface area contributed by atoms with E-state index in [0.29, 0.717) is 17.9 Å². The Morgan fingerprint density at radius 3 is 2.97 bits per heavy atom. The lowest BCUT2D eigenvalue weighted by Crippen LogP contribution is -2.18. The van der Waals surface area contributed by atoms with Gasteiger partial charge in [0.15, 0.2) is 0 Å². The predicted molar refractivity (Wildman–Crippen MR) is 115 cm³/mol. The van der Waals surface area contributed by atoms with E-state index in [4.69, 9.17) is 4.74 Å². The Hall–Kier alpha value is -3.13. The molecule has 2 aromatic carbocycles. The van der Waals surface area contributed by atoms with Crippen molar-refractivity contribution in [3.8, 4) is 22.8 Å². The van der Waals surface area contributed by atoms with E-state index in [-0.39, 0.29) is 11.4 Å². The van der Waals surface area contributed by atoms with Crippen molar-refractivity contribution in [2.45, 2.75) is 19.8 Å². The zero-order chi connectivity index (χ0) is 20.6. The molecule has 8 heteroatoms. The number of ether oxygens (including phenoxy) is 1. The maximum absolute atomic E-state index is 12.3. The first-order valence-corrected chi connectivity index (χ1v) is 9.97. The van der Waals surface area contributed by atoms with E-state index < -0.39 is 5.91 Å². The number of para-hydroxylation sites is 1. The summed E-state index contributed by atoms with van der Waals surface area (Å²) in [7, 11) is 0. The number of unbranched alkanes of at least 4 members (excludes halogenated alkanes) is 1. The highest BCUT2D eigenvalue weighted by molar-refractivity contribution is 9.10. The zero-order valence-electron chi connectivity index (χ0n) is 15.9. The summed E-state index contributed by atoms with van der Waals surface area (Å²) in [5.41, 5.74) is 4.57. The van der Waals surface area contributed by atoms with Gasteiger partial charge in [0.2, 0.25) is 0 Å². The number of hydrazone groups is 1. The van der Waals surface area contributed by atoms with Crippen molar-refractivity contribution in [1.29, 1.82) is 0 Å². The summed E-state index contributed by atoms with van der Waals surface area (Å²) in [4.78, 5) is 12.3. The number of nitrogens with one attached hydrogen (secondary N) is 2. The molecule has 1 heterocycles. The normalized spacial score (nSPS) is 11.0. The van der Waals surface area contributed by atoms with Gasteiger partial charge in [0.05, 0.1) is 18.5 Å². The molecule has 150 valence electrons. The fourth-order valence-corrected chi connectivity index (χ4v) is 2.93. The van der Waals surface area contributed by atoms with E-state index >= 15 is 0 Å². The van der Waals surface area contributed by atoms with Gasteiger partial charge in [0.1, 0.15) is 17.2 Å². The van der Waals surface area contributed by atoms with Crippen molar-refractivity contribution in [2.24, 2.45) is 5.10 Å². The number of nitrogens with zero attached hydrogens (tertiary/aromatic N) is 2. The van der Waals surface area contributed by atoms with Crippen LogP contribution < -0.4 is 10.2 Å². The number of aromatic amines is 1. The Bertz CT molecular complexity index is 1020. The monoisotopic (exact) mass is 456 g/mol. The van der Waals surface area contributed by atoms with Crippen LogP contribution >= 0.6 is 15.9 Å². The summed E-state index contributed by atoms with van der Waals surface area (Å²) >= 11 is 3.32. The first-order valence-electron chi connectivity index (χ1n) is 9.18. The van der Waals surface area contributed by atoms with Crippen LogP contribution in [0.3, 0.4) is 0 Å². The third-order valence-corrected chi connectivity index (χ3v) is 4.59. The van der Waals surface area contributed by atoms with Gasteiger partial charge in [0.25, 0.3) is 5.91 Å². The minimum absolute atomic E-state index is 0.0645. The smallest absolute Gasteiger partial charge is 0.289 e. The third kappa shape index (κ3) is 5.45. The van der Waals surface area contributed by atoms with Crippen LogP contribution in [-0.2, 0) is 0 Å². The Morgan fingerprint density at radius 1 is 1.31 bits per heavy atom. The zero-order valence-corrected chi connectivity index (χ0v) is 17.4. The fourth-order valence-electron chi connectivity index (χ4n) is 2.56. The quantitative estimate of drug-likeness (QED) is 0.264. The molecular formula is C21H21BrN4O3. The van der Waals surface area contributed by atoms with Gasteiger partial charge < -0.3 is 9.84 Å². The van der Waals surface area contributed by atoms with Gasteiger partial charge >= 0.3 is 0 Å². The Labute approximate surface area is 176 Å². The molecule has 29 heavy (non-hydrogen) atoms. The summed E-state index contributed by atoms with van der Waals surface area (Å²) in [6.45, 7) is 2.73. The van der Waals surface area contributed by atoms with Crippen LogP contribution in [0.25, 0.3) is 11.3 Å². The van der Waals surface area contributed by atoms with Gasteiger partial charge in [-0.1, -0.05) is 41.4 Å². The number of rotatable bonds is 8. The number of hydrogen-bond acceptors (Lipinski definition) is 5. The molecule has 0 atom stereocenters. The maximum atomic E-state index is 12.3. The van der Waals surface area contributed by atoms with Crippen LogP contribution in [0, 0.1) is 0 Å². The number of amides is 1. The molecule has 0 saturated carbocycles. The summed E-state index contributed by atoms with van der Waals surface area (Å²) in [5.74, 6) is 0.344. The minimum Gasteiger partial charge on any atom is -0.507 e. The molecule has 0 saturated heterocycles. The van der Waals surface area contributed by atoms with Gasteiger partial charge in [0, 0.05) is 15.6 Å². The van der Waals surface area contributed by atoms with Crippen LogP contribution in [0.15, 0.2) is 58.1 Å². The first-order chi connectivity index (χ1) is 14.1. The molecule has 3 rings (SSSR count). The second kappa shape index (κ2) is 9.88. The minimum atomic E-state index is -0.445. The highest BCUT2D eigenvalue weighted by atomic mass is 79.9. The van der Waals surface area contributed by atoms with Crippen molar-refractivity contribution in [2.75, 3.05) is 6.61 Å². The number of carbonyl (C=O) groups excluding carboxylic acids is 1. The number of H-pyrrole nitrogens is 1. The highest BCUT2D eigenvalue weighted by Crippen LogP contribution is 2.29. The first kappa shape index (κ1) is 20.6. The number of aromatic hydroxyl groups is 1. The molecule has 0 fully saturated rings. The second-order valence-corrected chi connectivity index (χ2v) is 7.18. The highest BCUT2D eigenvalue weighted by Gasteiger charge is 2.13. The number of carbonyl (C=O) groups is 1. The van der Waals surface area contributed by atoms with Gasteiger partial charge in [-0.15, -0.1) is 0 Å². The van der Waals surface area contributed by atoms with Gasteiger partial charge in [-0.2, -0.15) is 10.2 Å². The molecule has 0 aliphatic heterocycles. The average Bonchev–Trinajstić information content (AvgIpc) is 3.21. The lowest BCUT2D eigenvalue weighted by Gasteiger charge is -2.09. The SMILES string of the molecule is CCCCOc1ccccc1-c1cc(C(=O)N/N=C/c2cc(Br)ccc2O)[nH]n1. The molecular weight excluding hydrogens is 436 g/mol. The lowest BCUT2D eigenvalue weighted by molar-refractivity contribution is 0.0950. The van der Waals surface area contributed by atoms with Gasteiger partial charge in [-0.05, 0) is 42.8 Å². The van der Waals surface area contributed by atoms with E-state index in [1.54, 1.807) is 18.2 Å². The van der Waals surface area contributed by atoms with Crippen LogP contribution in [0.1, 0.15) is 35.8 Å². The van der Waals surface area contributed by atoms with Gasteiger partial charge in [-0.3, -0.25) is 9.89 Å². The molecule has 1 aromatic heterocycles. The van der Waals surface area contributed by atoms with E-state index in [0.717, 1.165) is 28.6 Å². The van der Waals surface area contributed by atoms with Crippen molar-refractivity contribution in [1.82, 2.24) is 15.6 Å². The van der Waals surface area contributed by atoms with Crippen LogP contribution in [-0.4, -0.2) is 34.0 Å². The van der Waals surface area contributed by atoms with Crippen molar-refractivity contribution in [3.63, 3.8) is 0 Å². The van der Waals surface area contributed by atoms with Gasteiger partial charge in [-0.25, -0.2) is 5.43 Å². The van der Waals surface area contributed by atoms with Crippen LogP contribution in [0.5, 0.6) is 11.5 Å². The van der Waals surface area contributed by atoms with Crippen molar-refractivity contribution < 1.29 is 14.6 Å². The molecule has 7 nitrogen and oxygen atoms in total. The standard InChI is InChI=1S/C21H21BrN4O3/c1-2-3-10-29-20-7-5-4-6-16(20)17-12-18(25-24-17)21(28)26-23-13-14-11-15(22)8-9-19(14)27/h4-9,11-13,27H,2-3,10H2,1H3,(H,24,25)(H,26,28)/b23-13+. The third-order valence-electron chi connectivity index (χ3n) is 4.10. The molecule has 3 N–H and O–H groups in total. The summed E-state index contributed by atoms with van der Waals surface area (Å²) in [6, 6.07) is 14.2. The fraction of sp³-hybridized carbons (Fsp3) is 0.190. The molecule has 0 spiro atoms. The Morgan fingerprint density at radius 2 is 2.14 bits per heavy atom. The van der Waals surface area contributed by atoms with E-state index in [2.05, 4.69) is 43.6 Å². The predicted octanol–water partition coefficient (Wildman–Crippen LogP) is 4.49. The Balaban J connectivity index is 1.69. The second-order valence-electron chi connectivity index (χ2n) is 6.27. The van der Waals surface area contributed by atoms with E-state index in [1.807, 2.05) is 24.3 Å². The summed E-state index contributed by atoms with van der Waals surface area (Å²) < 4.78 is 6.62. The molecule has 0 aliphatic carbocycles. The number of phenols is 1. The van der Waals surface area contributed by atoms with Crippen molar-refractivity contribution in [3.05, 3.63) is 64.3 Å². The molecule has 1 amide bonds. The molecule has 0 bridgehead atoms. The number of hydrogen-bond donors (Lipinski definition) is 3. The maximum Gasteiger partial charge on any atom is 0.289 e. The molecule has 0 radical (unpaired) electrons. The van der Waals surface area contributed by atoms with Crippen molar-refractivity contribution >= 4 is 28.1 Å². The molecule has 0 unspecified atom stereocenters. The number of phenolic OH excluding ortho intramolecular Hbond substituents is 1. The number of halogens is 1.